The van der Waals surface area contributed by atoms with Crippen molar-refractivity contribution in [1.82, 2.24) is 0 Å². The lowest BCUT2D eigenvalue weighted by atomic mass is 10.1. The van der Waals surface area contributed by atoms with Gasteiger partial charge in [0.05, 0.1) is 11.6 Å². The minimum atomic E-state index is -0.111. The number of carbonyl (C=O) groups excluding carboxylic acids is 1. The van der Waals surface area contributed by atoms with E-state index in [0.29, 0.717) is 36.0 Å². The van der Waals surface area contributed by atoms with Crippen molar-refractivity contribution in [2.75, 3.05) is 18.5 Å². The number of hydrogen-bond donors (Lipinski definition) is 2. The van der Waals surface area contributed by atoms with E-state index in [1.165, 1.54) is 0 Å². The molecular weight excluding hydrogens is 264 g/mol. The quantitative estimate of drug-likeness (QED) is 0.809. The van der Waals surface area contributed by atoms with Crippen molar-refractivity contribution in [3.8, 4) is 5.75 Å². The average molecular weight is 285 g/mol. The summed E-state index contributed by atoms with van der Waals surface area (Å²) in [6.07, 6.45) is 1.59. The largest absolute Gasteiger partial charge is 0.492 e. The van der Waals surface area contributed by atoms with Gasteiger partial charge in [-0.05, 0) is 37.6 Å². The number of nitrogens with one attached hydrogen (secondary N) is 1. The normalized spacial score (nSPS) is 12.0. The van der Waals surface area contributed by atoms with E-state index >= 15 is 0 Å². The Bertz CT molecular complexity index is 424. The molecule has 106 valence electrons. The lowest BCUT2D eigenvalue weighted by molar-refractivity contribution is -0.119. The molecule has 0 bridgehead atoms. The number of hydrogen-bond acceptors (Lipinski definition) is 3. The van der Waals surface area contributed by atoms with E-state index in [2.05, 4.69) is 5.32 Å². The van der Waals surface area contributed by atoms with E-state index < -0.39 is 0 Å². The van der Waals surface area contributed by atoms with E-state index in [1.54, 1.807) is 18.2 Å². The minimum Gasteiger partial charge on any atom is -0.492 e. The second kappa shape index (κ2) is 8.02. The Kier molecular flexibility index (Phi) is 6.67. The van der Waals surface area contributed by atoms with Crippen LogP contribution in [0.1, 0.15) is 26.7 Å². The summed E-state index contributed by atoms with van der Waals surface area (Å²) in [5.41, 5.74) is 6.10. The molecule has 1 amide bonds. The van der Waals surface area contributed by atoms with Crippen molar-refractivity contribution in [1.29, 1.82) is 0 Å². The van der Waals surface area contributed by atoms with Gasteiger partial charge < -0.3 is 15.8 Å². The maximum Gasteiger partial charge on any atom is 0.227 e. The number of benzene rings is 1. The summed E-state index contributed by atoms with van der Waals surface area (Å²) in [4.78, 5) is 11.8. The van der Waals surface area contributed by atoms with Gasteiger partial charge in [-0.2, -0.15) is 0 Å². The van der Waals surface area contributed by atoms with Crippen LogP contribution in [0.2, 0.25) is 5.02 Å². The standard InChI is InChI=1S/C14H21ClN2O2/c1-3-8-19-13-5-4-11(9-12(13)15)17-14(18)10(2)6-7-16/h4-5,9-10H,3,6-8,16H2,1-2H3,(H,17,18). The Labute approximate surface area is 119 Å². The second-order valence-corrected chi connectivity index (χ2v) is 4.87. The third kappa shape index (κ3) is 5.09. The molecule has 4 nitrogen and oxygen atoms in total. The number of amides is 1. The van der Waals surface area contributed by atoms with Crippen LogP contribution in [-0.4, -0.2) is 19.1 Å². The number of ether oxygens (including phenoxy) is 1. The topological polar surface area (TPSA) is 64.3 Å². The van der Waals surface area contributed by atoms with Crippen molar-refractivity contribution in [2.24, 2.45) is 11.7 Å². The maximum absolute atomic E-state index is 11.8. The second-order valence-electron chi connectivity index (χ2n) is 4.46. The molecule has 1 atom stereocenters. The Morgan fingerprint density at radius 2 is 2.26 bits per heavy atom. The van der Waals surface area contributed by atoms with E-state index in [9.17, 15) is 4.79 Å². The Balaban J connectivity index is 2.65. The van der Waals surface area contributed by atoms with Gasteiger partial charge in [-0.1, -0.05) is 25.4 Å². The van der Waals surface area contributed by atoms with Gasteiger partial charge in [-0.25, -0.2) is 0 Å². The SMILES string of the molecule is CCCOc1ccc(NC(=O)C(C)CCN)cc1Cl. The molecule has 1 aromatic rings. The number of rotatable bonds is 7. The smallest absolute Gasteiger partial charge is 0.227 e. The zero-order chi connectivity index (χ0) is 14.3. The molecule has 0 fully saturated rings. The minimum absolute atomic E-state index is 0.0521. The summed E-state index contributed by atoms with van der Waals surface area (Å²) in [6.45, 7) is 5.00. The lowest BCUT2D eigenvalue weighted by Gasteiger charge is -2.12. The van der Waals surface area contributed by atoms with Crippen molar-refractivity contribution in [2.45, 2.75) is 26.7 Å². The van der Waals surface area contributed by atoms with Crippen molar-refractivity contribution in [3.05, 3.63) is 23.2 Å². The first-order chi connectivity index (χ1) is 9.08. The molecule has 0 aliphatic carbocycles. The van der Waals surface area contributed by atoms with Crippen LogP contribution < -0.4 is 15.8 Å². The third-order valence-electron chi connectivity index (χ3n) is 2.71. The molecular formula is C14H21ClN2O2. The molecule has 0 aliphatic heterocycles. The molecule has 1 aromatic carbocycles. The fraction of sp³-hybridized carbons (Fsp3) is 0.500. The van der Waals surface area contributed by atoms with Gasteiger partial charge >= 0.3 is 0 Å². The summed E-state index contributed by atoms with van der Waals surface area (Å²) in [5, 5.41) is 3.31. The van der Waals surface area contributed by atoms with Gasteiger partial charge in [-0.3, -0.25) is 4.79 Å². The molecule has 0 aromatic heterocycles. The van der Waals surface area contributed by atoms with Crippen molar-refractivity contribution >= 4 is 23.2 Å². The molecule has 19 heavy (non-hydrogen) atoms. The highest BCUT2D eigenvalue weighted by Crippen LogP contribution is 2.28. The van der Waals surface area contributed by atoms with E-state index in [0.717, 1.165) is 6.42 Å². The molecule has 0 radical (unpaired) electrons. The number of nitrogens with two attached hydrogens (primary N) is 1. The Hall–Kier alpha value is -1.26. The van der Waals surface area contributed by atoms with Crippen LogP contribution in [0.25, 0.3) is 0 Å². The fourth-order valence-corrected chi connectivity index (χ4v) is 1.79. The summed E-state index contributed by atoms with van der Waals surface area (Å²) < 4.78 is 5.47. The van der Waals surface area contributed by atoms with E-state index in [4.69, 9.17) is 22.1 Å². The summed E-state index contributed by atoms with van der Waals surface area (Å²) >= 11 is 6.09. The molecule has 3 N–H and O–H groups in total. The Morgan fingerprint density at radius 3 is 2.84 bits per heavy atom. The van der Waals surface area contributed by atoms with Gasteiger partial charge in [0.2, 0.25) is 5.91 Å². The van der Waals surface area contributed by atoms with Crippen LogP contribution in [0.4, 0.5) is 5.69 Å². The molecule has 1 rings (SSSR count). The average Bonchev–Trinajstić information content (AvgIpc) is 2.38. The predicted molar refractivity (Wildman–Crippen MR) is 78.7 cm³/mol. The van der Waals surface area contributed by atoms with Crippen LogP contribution in [-0.2, 0) is 4.79 Å². The molecule has 0 heterocycles. The lowest BCUT2D eigenvalue weighted by Crippen LogP contribution is -2.22. The highest BCUT2D eigenvalue weighted by Gasteiger charge is 2.12. The summed E-state index contributed by atoms with van der Waals surface area (Å²) in [6, 6.07) is 5.24. The van der Waals surface area contributed by atoms with Gasteiger partial charge in [0.1, 0.15) is 5.75 Å². The van der Waals surface area contributed by atoms with Gasteiger partial charge in [0.25, 0.3) is 0 Å². The first-order valence-corrected chi connectivity index (χ1v) is 6.89. The zero-order valence-corrected chi connectivity index (χ0v) is 12.2. The summed E-state index contributed by atoms with van der Waals surface area (Å²) in [7, 11) is 0. The number of anilines is 1. The van der Waals surface area contributed by atoms with Crippen LogP contribution in [0.15, 0.2) is 18.2 Å². The molecule has 0 spiro atoms. The van der Waals surface area contributed by atoms with Gasteiger partial charge in [-0.15, -0.1) is 0 Å². The number of carbonyl (C=O) groups is 1. The van der Waals surface area contributed by atoms with E-state index in [-0.39, 0.29) is 11.8 Å². The summed E-state index contributed by atoms with van der Waals surface area (Å²) in [5.74, 6) is 0.472. The fourth-order valence-electron chi connectivity index (χ4n) is 1.55. The van der Waals surface area contributed by atoms with Crippen molar-refractivity contribution < 1.29 is 9.53 Å². The molecule has 1 unspecified atom stereocenters. The first-order valence-electron chi connectivity index (χ1n) is 6.51. The van der Waals surface area contributed by atoms with E-state index in [1.807, 2.05) is 13.8 Å². The molecule has 0 saturated heterocycles. The molecule has 0 aliphatic rings. The first kappa shape index (κ1) is 15.8. The van der Waals surface area contributed by atoms with Gasteiger partial charge in [0.15, 0.2) is 0 Å². The highest BCUT2D eigenvalue weighted by atomic mass is 35.5. The van der Waals surface area contributed by atoms with Crippen LogP contribution in [0, 0.1) is 5.92 Å². The maximum atomic E-state index is 11.8. The van der Waals surface area contributed by atoms with Crippen LogP contribution >= 0.6 is 11.6 Å². The van der Waals surface area contributed by atoms with Crippen LogP contribution in [0.3, 0.4) is 0 Å². The zero-order valence-electron chi connectivity index (χ0n) is 11.4. The van der Waals surface area contributed by atoms with Crippen molar-refractivity contribution in [3.63, 3.8) is 0 Å². The highest BCUT2D eigenvalue weighted by molar-refractivity contribution is 6.32. The van der Waals surface area contributed by atoms with Gasteiger partial charge in [0, 0.05) is 11.6 Å². The number of halogens is 1. The monoisotopic (exact) mass is 284 g/mol. The van der Waals surface area contributed by atoms with Crippen LogP contribution in [0.5, 0.6) is 5.75 Å². The third-order valence-corrected chi connectivity index (χ3v) is 3.00. The predicted octanol–water partition coefficient (Wildman–Crippen LogP) is 3.05. The Morgan fingerprint density at radius 1 is 1.53 bits per heavy atom. The molecule has 0 saturated carbocycles. The molecule has 5 heteroatoms.